The van der Waals surface area contributed by atoms with E-state index in [1.54, 1.807) is 6.07 Å². The quantitative estimate of drug-likeness (QED) is 0.835. The summed E-state index contributed by atoms with van der Waals surface area (Å²) in [5.74, 6) is -0.290. The lowest BCUT2D eigenvalue weighted by Crippen LogP contribution is -2.32. The summed E-state index contributed by atoms with van der Waals surface area (Å²) in [7, 11) is 0. The van der Waals surface area contributed by atoms with Gasteiger partial charge in [-0.1, -0.05) is 17.7 Å². The Balaban J connectivity index is 2.23. The predicted octanol–water partition coefficient (Wildman–Crippen LogP) is 1.23. The molecule has 0 radical (unpaired) electrons. The van der Waals surface area contributed by atoms with Crippen LogP contribution in [0.15, 0.2) is 12.1 Å². The fraction of sp³-hybridized carbons (Fsp3) is 0.364. The molecule has 1 aliphatic heterocycles. The first-order valence-corrected chi connectivity index (χ1v) is 5.38. The molecule has 1 aliphatic rings. The number of carboxylic acids is 1. The van der Waals surface area contributed by atoms with Gasteiger partial charge in [0, 0.05) is 6.42 Å². The largest absolute Gasteiger partial charge is 0.491 e. The lowest BCUT2D eigenvalue weighted by molar-refractivity contribution is -0.138. The second kappa shape index (κ2) is 4.31. The summed E-state index contributed by atoms with van der Waals surface area (Å²) in [5.41, 5.74) is 7.33. The normalized spacial score (nSPS) is 15.4. The summed E-state index contributed by atoms with van der Waals surface area (Å²) in [6.07, 6.45) is 1.09. The summed E-state index contributed by atoms with van der Waals surface area (Å²) in [4.78, 5) is 10.6. The first-order valence-electron chi connectivity index (χ1n) is 5.00. The Kier molecular flexibility index (Phi) is 3.03. The molecule has 0 saturated heterocycles. The second-order valence-electron chi connectivity index (χ2n) is 3.81. The third kappa shape index (κ3) is 2.13. The Morgan fingerprint density at radius 1 is 1.62 bits per heavy atom. The number of ether oxygens (including phenoxy) is 1. The zero-order chi connectivity index (χ0) is 11.7. The van der Waals surface area contributed by atoms with E-state index in [2.05, 4.69) is 0 Å². The van der Waals surface area contributed by atoms with Gasteiger partial charge in [-0.2, -0.15) is 0 Å². The number of nitrogens with two attached hydrogens (primary N) is 1. The molecular weight excluding hydrogens is 230 g/mol. The SMILES string of the molecule is NC(Cc1cc(Cl)c2c(c1)CCO2)C(=O)O. The Morgan fingerprint density at radius 3 is 3.06 bits per heavy atom. The molecule has 2 rings (SSSR count). The van der Waals surface area contributed by atoms with Crippen LogP contribution in [0.2, 0.25) is 5.02 Å². The van der Waals surface area contributed by atoms with Gasteiger partial charge in [0.15, 0.2) is 0 Å². The van der Waals surface area contributed by atoms with Crippen LogP contribution in [0.4, 0.5) is 0 Å². The van der Waals surface area contributed by atoms with Crippen LogP contribution in [0, 0.1) is 0 Å². The van der Waals surface area contributed by atoms with Crippen molar-refractivity contribution in [3.8, 4) is 5.75 Å². The number of carbonyl (C=O) groups is 1. The minimum absolute atomic E-state index is 0.280. The molecule has 16 heavy (non-hydrogen) atoms. The lowest BCUT2D eigenvalue weighted by atomic mass is 10.0. The smallest absolute Gasteiger partial charge is 0.320 e. The maximum atomic E-state index is 10.6. The maximum Gasteiger partial charge on any atom is 0.320 e. The van der Waals surface area contributed by atoms with Gasteiger partial charge >= 0.3 is 5.97 Å². The van der Waals surface area contributed by atoms with E-state index >= 15 is 0 Å². The molecule has 1 aromatic carbocycles. The molecule has 0 spiro atoms. The fourth-order valence-electron chi connectivity index (χ4n) is 1.78. The summed E-state index contributed by atoms with van der Waals surface area (Å²) in [6.45, 7) is 0.628. The third-order valence-corrected chi connectivity index (χ3v) is 2.85. The number of hydrogen-bond acceptors (Lipinski definition) is 3. The van der Waals surface area contributed by atoms with Gasteiger partial charge in [-0.15, -0.1) is 0 Å². The number of halogens is 1. The molecule has 1 unspecified atom stereocenters. The molecule has 1 aromatic rings. The minimum atomic E-state index is -1.01. The van der Waals surface area contributed by atoms with Gasteiger partial charge in [0.05, 0.1) is 11.6 Å². The average molecular weight is 242 g/mol. The molecule has 0 bridgehead atoms. The molecule has 0 fully saturated rings. The van der Waals surface area contributed by atoms with Gasteiger partial charge in [-0.3, -0.25) is 4.79 Å². The molecular formula is C11H12ClNO3. The summed E-state index contributed by atoms with van der Waals surface area (Å²) >= 11 is 6.02. The van der Waals surface area contributed by atoms with Crippen LogP contribution in [0.1, 0.15) is 11.1 Å². The van der Waals surface area contributed by atoms with Crippen molar-refractivity contribution in [1.82, 2.24) is 0 Å². The van der Waals surface area contributed by atoms with Crippen LogP contribution < -0.4 is 10.5 Å². The number of hydrogen-bond donors (Lipinski definition) is 2. The first kappa shape index (κ1) is 11.2. The fourth-order valence-corrected chi connectivity index (χ4v) is 2.10. The summed E-state index contributed by atoms with van der Waals surface area (Å²) in [5, 5.41) is 9.25. The highest BCUT2D eigenvalue weighted by molar-refractivity contribution is 6.32. The highest BCUT2D eigenvalue weighted by Crippen LogP contribution is 2.34. The van der Waals surface area contributed by atoms with E-state index in [0.717, 1.165) is 17.5 Å². The zero-order valence-electron chi connectivity index (χ0n) is 8.57. The Morgan fingerprint density at radius 2 is 2.38 bits per heavy atom. The highest BCUT2D eigenvalue weighted by atomic mass is 35.5. The number of fused-ring (bicyclic) bond motifs is 1. The van der Waals surface area contributed by atoms with E-state index < -0.39 is 12.0 Å². The van der Waals surface area contributed by atoms with Gasteiger partial charge < -0.3 is 15.6 Å². The molecule has 4 nitrogen and oxygen atoms in total. The van der Waals surface area contributed by atoms with Crippen LogP contribution in [-0.2, 0) is 17.6 Å². The molecule has 86 valence electrons. The summed E-state index contributed by atoms with van der Waals surface area (Å²) in [6, 6.07) is 2.74. The molecule has 3 N–H and O–H groups in total. The topological polar surface area (TPSA) is 72.5 Å². The van der Waals surface area contributed by atoms with Crippen molar-refractivity contribution in [3.63, 3.8) is 0 Å². The standard InChI is InChI=1S/C11H12ClNO3/c12-8-4-6(5-9(13)11(14)15)3-7-1-2-16-10(7)8/h3-4,9H,1-2,5,13H2,(H,14,15). The van der Waals surface area contributed by atoms with E-state index in [9.17, 15) is 4.79 Å². The summed E-state index contributed by atoms with van der Waals surface area (Å²) < 4.78 is 5.36. The zero-order valence-corrected chi connectivity index (χ0v) is 9.33. The average Bonchev–Trinajstić information content (AvgIpc) is 2.65. The van der Waals surface area contributed by atoms with Crippen molar-refractivity contribution in [2.24, 2.45) is 5.73 Å². The molecule has 0 aromatic heterocycles. The number of rotatable bonds is 3. The lowest BCUT2D eigenvalue weighted by Gasteiger charge is -2.09. The van der Waals surface area contributed by atoms with E-state index in [4.69, 9.17) is 27.2 Å². The number of benzene rings is 1. The van der Waals surface area contributed by atoms with E-state index in [0.29, 0.717) is 17.4 Å². The predicted molar refractivity (Wildman–Crippen MR) is 60.0 cm³/mol. The Bertz CT molecular complexity index is 433. The minimum Gasteiger partial charge on any atom is -0.491 e. The van der Waals surface area contributed by atoms with Crippen LogP contribution in [0.3, 0.4) is 0 Å². The molecule has 0 saturated carbocycles. The van der Waals surface area contributed by atoms with Crippen molar-refractivity contribution in [1.29, 1.82) is 0 Å². The van der Waals surface area contributed by atoms with Gasteiger partial charge in [-0.05, 0) is 23.6 Å². The van der Waals surface area contributed by atoms with E-state index in [1.807, 2.05) is 6.07 Å². The van der Waals surface area contributed by atoms with Crippen LogP contribution >= 0.6 is 11.6 Å². The molecule has 5 heteroatoms. The first-order chi connectivity index (χ1) is 7.58. The molecule has 0 amide bonds. The van der Waals surface area contributed by atoms with Gasteiger partial charge in [0.2, 0.25) is 0 Å². The van der Waals surface area contributed by atoms with E-state index in [-0.39, 0.29) is 6.42 Å². The van der Waals surface area contributed by atoms with Crippen molar-refractivity contribution in [3.05, 3.63) is 28.3 Å². The third-order valence-electron chi connectivity index (χ3n) is 2.57. The van der Waals surface area contributed by atoms with Crippen LogP contribution in [0.25, 0.3) is 0 Å². The number of carboxylic acid groups (broad SMARTS) is 1. The van der Waals surface area contributed by atoms with Crippen molar-refractivity contribution < 1.29 is 14.6 Å². The highest BCUT2D eigenvalue weighted by Gasteiger charge is 2.19. The van der Waals surface area contributed by atoms with Crippen molar-refractivity contribution in [2.45, 2.75) is 18.9 Å². The van der Waals surface area contributed by atoms with Crippen molar-refractivity contribution >= 4 is 17.6 Å². The van der Waals surface area contributed by atoms with E-state index in [1.165, 1.54) is 0 Å². The van der Waals surface area contributed by atoms with Crippen molar-refractivity contribution in [2.75, 3.05) is 6.61 Å². The maximum absolute atomic E-state index is 10.6. The number of aliphatic carboxylic acids is 1. The Labute approximate surface area is 98.0 Å². The molecule has 0 aliphatic carbocycles. The van der Waals surface area contributed by atoms with Crippen LogP contribution in [-0.4, -0.2) is 23.7 Å². The molecule has 1 atom stereocenters. The van der Waals surface area contributed by atoms with Crippen LogP contribution in [0.5, 0.6) is 5.75 Å². The second-order valence-corrected chi connectivity index (χ2v) is 4.22. The monoisotopic (exact) mass is 241 g/mol. The van der Waals surface area contributed by atoms with Gasteiger partial charge in [0.25, 0.3) is 0 Å². The Hall–Kier alpha value is -1.26. The van der Waals surface area contributed by atoms with Gasteiger partial charge in [0.1, 0.15) is 11.8 Å². The van der Waals surface area contributed by atoms with Gasteiger partial charge in [-0.25, -0.2) is 0 Å². The molecule has 1 heterocycles.